The first-order valence-corrected chi connectivity index (χ1v) is 8.13. The van der Waals surface area contributed by atoms with E-state index in [0.717, 1.165) is 6.42 Å². The summed E-state index contributed by atoms with van der Waals surface area (Å²) in [6, 6.07) is 4.10. The largest absolute Gasteiger partial charge is 0.377 e. The second-order valence-electron chi connectivity index (χ2n) is 5.47. The van der Waals surface area contributed by atoms with Gasteiger partial charge < -0.3 is 9.64 Å². The van der Waals surface area contributed by atoms with Gasteiger partial charge in [0, 0.05) is 18.0 Å². The van der Waals surface area contributed by atoms with E-state index in [1.165, 1.54) is 4.88 Å². The molecule has 1 amide bonds. The zero-order valence-electron chi connectivity index (χ0n) is 12.7. The first-order valence-electron chi connectivity index (χ1n) is 7.25. The minimum Gasteiger partial charge on any atom is -0.377 e. The van der Waals surface area contributed by atoms with Crippen molar-refractivity contribution in [2.75, 3.05) is 13.2 Å². The molecule has 0 aromatic carbocycles. The molecule has 3 unspecified atom stereocenters. The maximum atomic E-state index is 12.7. The molecule has 1 fully saturated rings. The van der Waals surface area contributed by atoms with Crippen molar-refractivity contribution in [1.29, 1.82) is 0 Å². The molecule has 2 heterocycles. The number of hydrogen-bond donors (Lipinski definition) is 1. The predicted molar refractivity (Wildman–Crippen MR) is 81.7 cm³/mol. The zero-order valence-corrected chi connectivity index (χ0v) is 13.5. The van der Waals surface area contributed by atoms with Gasteiger partial charge in [0.25, 0.3) is 0 Å². The molecule has 4 nitrogen and oxygen atoms in total. The van der Waals surface area contributed by atoms with E-state index in [2.05, 4.69) is 11.4 Å². The summed E-state index contributed by atoms with van der Waals surface area (Å²) in [5.41, 5.74) is -0.472. The molecule has 0 saturated carbocycles. The molecule has 1 aliphatic heterocycles. The minimum atomic E-state index is -0.472. The van der Waals surface area contributed by atoms with Crippen LogP contribution < -0.4 is 5.32 Å². The average molecular weight is 296 g/mol. The summed E-state index contributed by atoms with van der Waals surface area (Å²) in [7, 11) is 0. The number of amides is 1. The molecular weight excluding hydrogens is 272 g/mol. The van der Waals surface area contributed by atoms with Crippen molar-refractivity contribution in [2.45, 2.75) is 51.9 Å². The molecule has 20 heavy (non-hydrogen) atoms. The number of ether oxygens (including phenoxy) is 1. The van der Waals surface area contributed by atoms with Gasteiger partial charge in [0.15, 0.2) is 0 Å². The molecule has 5 heteroatoms. The molecule has 2 rings (SSSR count). The topological polar surface area (TPSA) is 41.6 Å². The Morgan fingerprint density at radius 1 is 1.55 bits per heavy atom. The molecule has 0 aliphatic carbocycles. The second-order valence-corrected chi connectivity index (χ2v) is 6.45. The number of nitrogens with one attached hydrogen (secondary N) is 1. The third-order valence-corrected chi connectivity index (χ3v) is 4.85. The van der Waals surface area contributed by atoms with Gasteiger partial charge in [-0.05, 0) is 38.6 Å². The Morgan fingerprint density at radius 3 is 2.85 bits per heavy atom. The zero-order chi connectivity index (χ0) is 14.8. The van der Waals surface area contributed by atoms with Gasteiger partial charge in [0.1, 0.15) is 6.17 Å². The summed E-state index contributed by atoms with van der Waals surface area (Å²) in [4.78, 5) is 15.8. The SMILES string of the molecule is CCOC(C)CN1C(=O)C(C)(CC)NC1c1cccs1. The molecule has 1 aromatic heterocycles. The third-order valence-electron chi connectivity index (χ3n) is 3.92. The lowest BCUT2D eigenvalue weighted by Gasteiger charge is -2.26. The fourth-order valence-corrected chi connectivity index (χ4v) is 3.39. The monoisotopic (exact) mass is 296 g/mol. The van der Waals surface area contributed by atoms with Crippen molar-refractivity contribution in [3.63, 3.8) is 0 Å². The second kappa shape index (κ2) is 6.24. The fourth-order valence-electron chi connectivity index (χ4n) is 2.60. The number of carbonyl (C=O) groups is 1. The van der Waals surface area contributed by atoms with Crippen LogP contribution in [0.15, 0.2) is 17.5 Å². The van der Waals surface area contributed by atoms with Gasteiger partial charge >= 0.3 is 0 Å². The molecule has 0 spiro atoms. The highest BCUT2D eigenvalue weighted by atomic mass is 32.1. The first kappa shape index (κ1) is 15.5. The van der Waals surface area contributed by atoms with Crippen molar-refractivity contribution >= 4 is 17.2 Å². The molecule has 1 aliphatic rings. The molecule has 112 valence electrons. The smallest absolute Gasteiger partial charge is 0.244 e. The summed E-state index contributed by atoms with van der Waals surface area (Å²) in [6.07, 6.45) is 0.801. The standard InChI is InChI=1S/C15H24N2O2S/c1-5-15(4)14(18)17(10-11(3)19-6-2)13(16-15)12-8-7-9-20-12/h7-9,11,13,16H,5-6,10H2,1-4H3. The van der Waals surface area contributed by atoms with Crippen LogP contribution in [0.1, 0.15) is 45.2 Å². The normalized spacial score (nSPS) is 28.1. The molecular formula is C15H24N2O2S. The van der Waals surface area contributed by atoms with Crippen LogP contribution in [0.4, 0.5) is 0 Å². The van der Waals surface area contributed by atoms with Gasteiger partial charge in [0.05, 0.1) is 11.6 Å². The van der Waals surface area contributed by atoms with E-state index in [1.807, 2.05) is 44.0 Å². The Hall–Kier alpha value is -0.910. The lowest BCUT2D eigenvalue weighted by molar-refractivity contribution is -0.134. The Bertz CT molecular complexity index is 449. The lowest BCUT2D eigenvalue weighted by Crippen LogP contribution is -2.43. The Morgan fingerprint density at radius 2 is 2.30 bits per heavy atom. The highest BCUT2D eigenvalue weighted by Gasteiger charge is 2.47. The summed E-state index contributed by atoms with van der Waals surface area (Å²) in [6.45, 7) is 9.33. The number of rotatable bonds is 6. The average Bonchev–Trinajstić information content (AvgIpc) is 3.02. The number of thiophene rings is 1. The van der Waals surface area contributed by atoms with Crippen LogP contribution in [0.5, 0.6) is 0 Å². The minimum absolute atomic E-state index is 0.0321. The Labute approximate surface area is 125 Å². The molecule has 1 aromatic rings. The van der Waals surface area contributed by atoms with Gasteiger partial charge in [-0.2, -0.15) is 0 Å². The Kier molecular flexibility index (Phi) is 4.83. The van der Waals surface area contributed by atoms with Crippen molar-refractivity contribution in [3.05, 3.63) is 22.4 Å². The van der Waals surface area contributed by atoms with Crippen molar-refractivity contribution in [3.8, 4) is 0 Å². The molecule has 1 saturated heterocycles. The summed E-state index contributed by atoms with van der Waals surface area (Å²) in [5, 5.41) is 5.55. The first-order chi connectivity index (χ1) is 9.51. The molecule has 0 radical (unpaired) electrons. The summed E-state index contributed by atoms with van der Waals surface area (Å²) < 4.78 is 5.60. The van der Waals surface area contributed by atoms with Gasteiger partial charge in [0.2, 0.25) is 5.91 Å². The number of carbonyl (C=O) groups excluding carboxylic acids is 1. The highest BCUT2D eigenvalue weighted by Crippen LogP contribution is 2.34. The predicted octanol–water partition coefficient (Wildman–Crippen LogP) is 2.77. The van der Waals surface area contributed by atoms with E-state index in [0.29, 0.717) is 13.2 Å². The van der Waals surface area contributed by atoms with Gasteiger partial charge in [-0.3, -0.25) is 10.1 Å². The van der Waals surface area contributed by atoms with Gasteiger partial charge in [-0.1, -0.05) is 13.0 Å². The van der Waals surface area contributed by atoms with Gasteiger partial charge in [-0.15, -0.1) is 11.3 Å². The van der Waals surface area contributed by atoms with Crippen LogP contribution in [0.2, 0.25) is 0 Å². The van der Waals surface area contributed by atoms with Gasteiger partial charge in [-0.25, -0.2) is 0 Å². The van der Waals surface area contributed by atoms with E-state index < -0.39 is 5.54 Å². The number of nitrogens with zero attached hydrogens (tertiary/aromatic N) is 1. The van der Waals surface area contributed by atoms with E-state index >= 15 is 0 Å². The van der Waals surface area contributed by atoms with Crippen LogP contribution >= 0.6 is 11.3 Å². The van der Waals surface area contributed by atoms with Crippen LogP contribution in [-0.2, 0) is 9.53 Å². The third kappa shape index (κ3) is 2.90. The van der Waals surface area contributed by atoms with E-state index in [9.17, 15) is 4.79 Å². The molecule has 1 N–H and O–H groups in total. The maximum absolute atomic E-state index is 12.7. The number of hydrogen-bond acceptors (Lipinski definition) is 4. The van der Waals surface area contributed by atoms with Crippen molar-refractivity contribution in [2.24, 2.45) is 0 Å². The van der Waals surface area contributed by atoms with Crippen molar-refractivity contribution in [1.82, 2.24) is 10.2 Å². The Balaban J connectivity index is 2.22. The highest BCUT2D eigenvalue weighted by molar-refractivity contribution is 7.10. The molecule has 0 bridgehead atoms. The lowest BCUT2D eigenvalue weighted by atomic mass is 9.99. The van der Waals surface area contributed by atoms with E-state index in [4.69, 9.17) is 4.74 Å². The van der Waals surface area contributed by atoms with Crippen LogP contribution in [0.25, 0.3) is 0 Å². The van der Waals surface area contributed by atoms with E-state index in [-0.39, 0.29) is 18.2 Å². The van der Waals surface area contributed by atoms with Crippen molar-refractivity contribution < 1.29 is 9.53 Å². The maximum Gasteiger partial charge on any atom is 0.244 e. The van der Waals surface area contributed by atoms with Crippen LogP contribution in [-0.4, -0.2) is 35.6 Å². The van der Waals surface area contributed by atoms with E-state index in [1.54, 1.807) is 11.3 Å². The quantitative estimate of drug-likeness (QED) is 0.877. The van der Waals surface area contributed by atoms with Crippen LogP contribution in [0.3, 0.4) is 0 Å². The fraction of sp³-hybridized carbons (Fsp3) is 0.667. The van der Waals surface area contributed by atoms with Crippen LogP contribution in [0, 0.1) is 0 Å². The summed E-state index contributed by atoms with van der Waals surface area (Å²) in [5.74, 6) is 0.171. The summed E-state index contributed by atoms with van der Waals surface area (Å²) >= 11 is 1.68. The molecule has 3 atom stereocenters.